The lowest BCUT2D eigenvalue weighted by atomic mass is 10.3. The van der Waals surface area contributed by atoms with Gasteiger partial charge in [-0.2, -0.15) is 3.89 Å². The molecule has 1 rings (SSSR count). The first kappa shape index (κ1) is 32.5. The van der Waals surface area contributed by atoms with Gasteiger partial charge in [0.2, 0.25) is 0 Å². The number of carboxylic acid groups (broad SMARTS) is 2. The number of rotatable bonds is 19. The second-order valence-electron chi connectivity index (χ2n) is 7.33. The lowest BCUT2D eigenvalue weighted by Crippen LogP contribution is -2.44. The van der Waals surface area contributed by atoms with Crippen LogP contribution in [0.1, 0.15) is 19.5 Å². The number of aliphatic carboxylic acids is 2. The van der Waals surface area contributed by atoms with Gasteiger partial charge in [0.1, 0.15) is 0 Å². The van der Waals surface area contributed by atoms with Crippen LogP contribution in [0.15, 0.2) is 28.4 Å². The van der Waals surface area contributed by atoms with Gasteiger partial charge in [0.05, 0.1) is 30.9 Å². The first-order valence-electron chi connectivity index (χ1n) is 11.1. The van der Waals surface area contributed by atoms with Crippen molar-refractivity contribution in [2.24, 2.45) is 5.18 Å². The third-order valence-corrected chi connectivity index (χ3v) is 5.22. The van der Waals surface area contributed by atoms with E-state index in [1.54, 1.807) is 23.5 Å². The number of amides is 1. The summed E-state index contributed by atoms with van der Waals surface area (Å²) in [5, 5.41) is 23.4. The Kier molecular flexibility index (Phi) is 19.3. The Labute approximate surface area is 209 Å². The molecule has 0 atom stereocenters. The minimum atomic E-state index is -0.921. The highest BCUT2D eigenvalue weighted by molar-refractivity contribution is 7.94. The van der Waals surface area contributed by atoms with Crippen molar-refractivity contribution >= 4 is 30.5 Å². The predicted molar refractivity (Wildman–Crippen MR) is 131 cm³/mol. The van der Waals surface area contributed by atoms with E-state index in [1.807, 2.05) is 23.6 Å². The minimum Gasteiger partial charge on any atom is -0.480 e. The summed E-state index contributed by atoms with van der Waals surface area (Å²) < 4.78 is 12.8. The molecule has 0 aliphatic rings. The van der Waals surface area contributed by atoms with Crippen molar-refractivity contribution in [3.63, 3.8) is 0 Å². The Morgan fingerprint density at radius 3 is 2.09 bits per heavy atom. The van der Waals surface area contributed by atoms with Crippen LogP contribution in [0.4, 0.5) is 3.89 Å². The average Bonchev–Trinajstić information content (AvgIpc) is 2.84. The quantitative estimate of drug-likeness (QED) is 0.137. The average molecular weight is 519 g/mol. The number of likely N-dealkylation sites (N-methyl/N-ethyl adjacent to an activating group) is 2. The molecular weight excluding hydrogens is 483 g/mol. The summed E-state index contributed by atoms with van der Waals surface area (Å²) in [6.07, 6.45) is 1.52. The Hall–Kier alpha value is -2.52. The van der Waals surface area contributed by atoms with Crippen molar-refractivity contribution in [1.82, 2.24) is 25.0 Å². The number of carbonyl (C=O) groups excluding carboxylic acids is 1. The zero-order chi connectivity index (χ0) is 26.5. The lowest BCUT2D eigenvalue weighted by Gasteiger charge is -2.28. The maximum Gasteiger partial charge on any atom is 0.317 e. The number of aromatic nitrogens is 1. The second-order valence-corrected chi connectivity index (χ2v) is 7.96. The smallest absolute Gasteiger partial charge is 0.317 e. The van der Waals surface area contributed by atoms with E-state index in [4.69, 9.17) is 14.8 Å². The number of carboxylic acids is 2. The molecule has 3 N–H and O–H groups in total. The van der Waals surface area contributed by atoms with Gasteiger partial charge >= 0.3 is 11.9 Å². The largest absolute Gasteiger partial charge is 0.480 e. The first-order chi connectivity index (χ1) is 16.8. The van der Waals surface area contributed by atoms with Crippen LogP contribution >= 0.6 is 12.1 Å². The number of nitroso groups, excluding NO2 is 1. The van der Waals surface area contributed by atoms with Crippen molar-refractivity contribution in [3.8, 4) is 0 Å². The molecule has 198 valence electrons. The van der Waals surface area contributed by atoms with Crippen LogP contribution in [-0.4, -0.2) is 114 Å². The van der Waals surface area contributed by atoms with Crippen molar-refractivity contribution < 1.29 is 28.5 Å². The maximum absolute atomic E-state index is 12.8. The van der Waals surface area contributed by atoms with Gasteiger partial charge in [-0.1, -0.05) is 13.8 Å². The molecule has 35 heavy (non-hydrogen) atoms. The predicted octanol–water partition coefficient (Wildman–Crippen LogP) is 1.17. The van der Waals surface area contributed by atoms with Gasteiger partial charge in [-0.25, -0.2) is 0 Å². The lowest BCUT2D eigenvalue weighted by molar-refractivity contribution is -0.140. The maximum atomic E-state index is 12.8. The third-order valence-electron chi connectivity index (χ3n) is 4.79. The van der Waals surface area contributed by atoms with E-state index in [9.17, 15) is 18.6 Å². The molecule has 1 aromatic heterocycles. The number of hydrogen-bond donors (Lipinski definition) is 3. The fourth-order valence-electron chi connectivity index (χ4n) is 3.07. The molecule has 0 aliphatic carbocycles. The van der Waals surface area contributed by atoms with Crippen LogP contribution in [0, 0.1) is 4.91 Å². The monoisotopic (exact) mass is 518 g/mol. The van der Waals surface area contributed by atoms with E-state index in [0.717, 1.165) is 18.8 Å². The minimum absolute atomic E-state index is 0.0556. The Bertz CT molecular complexity index is 757. The van der Waals surface area contributed by atoms with Crippen LogP contribution in [0.25, 0.3) is 0 Å². The highest BCUT2D eigenvalue weighted by atomic mass is 32.2. The molecule has 1 aromatic rings. The number of hydrogen-bond acceptors (Lipinski definition) is 10. The molecule has 0 saturated heterocycles. The van der Waals surface area contributed by atoms with E-state index in [1.165, 1.54) is 0 Å². The zero-order valence-corrected chi connectivity index (χ0v) is 21.0. The second kappa shape index (κ2) is 20.8. The molecule has 14 heteroatoms. The van der Waals surface area contributed by atoms with Crippen molar-refractivity contribution in [2.45, 2.75) is 25.3 Å². The molecule has 0 saturated carbocycles. The molecule has 0 unspecified atom stereocenters. The number of pyridine rings is 1. The molecule has 0 spiro atoms. The Balaban J connectivity index is 0.00000267. The Morgan fingerprint density at radius 2 is 1.63 bits per heavy atom. The summed E-state index contributed by atoms with van der Waals surface area (Å²) in [4.78, 5) is 50.2. The van der Waals surface area contributed by atoms with Crippen LogP contribution in [0.5, 0.6) is 0 Å². The van der Waals surface area contributed by atoms with E-state index in [-0.39, 0.29) is 31.6 Å². The molecule has 0 aliphatic heterocycles. The van der Waals surface area contributed by atoms with E-state index < -0.39 is 11.9 Å². The molecule has 1 heterocycles. The van der Waals surface area contributed by atoms with Crippen LogP contribution in [-0.2, 0) is 20.9 Å². The van der Waals surface area contributed by atoms with Gasteiger partial charge in [-0.05, 0) is 25.2 Å². The number of halogens is 1. The summed E-state index contributed by atoms with van der Waals surface area (Å²) in [5.41, 5.74) is 0.755. The molecule has 0 fully saturated rings. The summed E-state index contributed by atoms with van der Waals surface area (Å²) in [6.45, 7) is 9.20. The van der Waals surface area contributed by atoms with Gasteiger partial charge in [0.15, 0.2) is 0 Å². The highest BCUT2D eigenvalue weighted by Gasteiger charge is 2.16. The van der Waals surface area contributed by atoms with Gasteiger partial charge in [-0.3, -0.25) is 34.1 Å². The molecule has 0 bridgehead atoms. The number of nitrogens with one attached hydrogen (secondary N) is 1. The van der Waals surface area contributed by atoms with Gasteiger partial charge in [-0.15, -0.1) is 4.91 Å². The first-order valence-corrected chi connectivity index (χ1v) is 11.8. The Morgan fingerprint density at radius 1 is 1.09 bits per heavy atom. The molecule has 0 radical (unpaired) electrons. The van der Waals surface area contributed by atoms with E-state index in [0.29, 0.717) is 50.7 Å². The zero-order valence-electron chi connectivity index (χ0n) is 20.1. The SMILES string of the molecule is CCNCCN(CCN(CCN(CC)Cc1cc(SF)ccn1)CC(=O)O)CC(=O)O.O=CN=O. The standard InChI is InChI=1S/C20H34FN5O4S.CHNO2/c1-3-22-7-8-25(15-19(27)28)11-12-26(16-20(29)30)10-9-24(4-2)14-17-13-18(31-21)5-6-23-17;3-1-2-4/h5-6,13,22H,3-4,7-12,14-16H2,1-2H3,(H,27,28)(H,29,30);1H. The van der Waals surface area contributed by atoms with Gasteiger partial charge in [0.25, 0.3) is 6.41 Å². The summed E-state index contributed by atoms with van der Waals surface area (Å²) >= 11 is 0.180. The topological polar surface area (TPSA) is 156 Å². The van der Waals surface area contributed by atoms with Gasteiger partial charge < -0.3 is 15.5 Å². The molecule has 0 aromatic carbocycles. The molecule has 12 nitrogen and oxygen atoms in total. The number of nitrogens with zero attached hydrogens (tertiary/aromatic N) is 5. The van der Waals surface area contributed by atoms with Crippen LogP contribution in [0.3, 0.4) is 0 Å². The molecule has 1 amide bonds. The summed E-state index contributed by atoms with van der Waals surface area (Å²) in [5.74, 6) is -1.82. The van der Waals surface area contributed by atoms with Crippen LogP contribution in [0.2, 0.25) is 0 Å². The fraction of sp³-hybridized carbons (Fsp3) is 0.619. The van der Waals surface area contributed by atoms with Crippen molar-refractivity contribution in [1.29, 1.82) is 0 Å². The van der Waals surface area contributed by atoms with Crippen molar-refractivity contribution in [3.05, 3.63) is 28.9 Å². The van der Waals surface area contributed by atoms with Crippen LogP contribution < -0.4 is 5.32 Å². The normalized spacial score (nSPS) is 10.8. The summed E-state index contributed by atoms with van der Waals surface area (Å²) in [7, 11) is 0. The van der Waals surface area contributed by atoms with E-state index >= 15 is 0 Å². The molecular formula is C21H35FN6O6S. The number of carbonyl (C=O) groups is 3. The fourth-order valence-corrected chi connectivity index (χ4v) is 3.36. The third kappa shape index (κ3) is 17.6. The summed E-state index contributed by atoms with van der Waals surface area (Å²) in [6, 6.07) is 3.31. The highest BCUT2D eigenvalue weighted by Crippen LogP contribution is 2.18. The van der Waals surface area contributed by atoms with E-state index in [2.05, 4.69) is 15.2 Å². The van der Waals surface area contributed by atoms with Crippen molar-refractivity contribution in [2.75, 3.05) is 65.4 Å². The van der Waals surface area contributed by atoms with Gasteiger partial charge in [0, 0.05) is 62.1 Å².